The maximum Gasteiger partial charge on any atom is 0.305 e. The lowest BCUT2D eigenvalue weighted by Gasteiger charge is -2.43. The molecule has 3 fully saturated rings. The number of thiazole rings is 1. The summed E-state index contributed by atoms with van der Waals surface area (Å²) in [6, 6.07) is 21.5. The van der Waals surface area contributed by atoms with Crippen LogP contribution in [-0.4, -0.2) is 27.0 Å². The molecule has 2 aliphatic heterocycles. The predicted molar refractivity (Wildman–Crippen MR) is 169 cm³/mol. The van der Waals surface area contributed by atoms with E-state index in [9.17, 15) is 24.5 Å². The number of nitrogens with one attached hydrogen (secondary N) is 1. The second-order valence-corrected chi connectivity index (χ2v) is 14.8. The number of amides is 2. The maximum atomic E-state index is 14.0. The quantitative estimate of drug-likeness (QED) is 0.142. The molecule has 3 heterocycles. The first-order valence-electron chi connectivity index (χ1n) is 14.3. The van der Waals surface area contributed by atoms with Crippen molar-refractivity contribution in [2.24, 2.45) is 29.6 Å². The van der Waals surface area contributed by atoms with Gasteiger partial charge < -0.3 is 9.72 Å². The number of benzene rings is 3. The lowest BCUT2D eigenvalue weighted by molar-refractivity contribution is -0.384. The van der Waals surface area contributed by atoms with Crippen molar-refractivity contribution in [1.82, 2.24) is 4.98 Å². The van der Waals surface area contributed by atoms with Crippen LogP contribution in [0.25, 0.3) is 0 Å². The van der Waals surface area contributed by atoms with Gasteiger partial charge in [0.1, 0.15) is 12.4 Å². The van der Waals surface area contributed by atoms with Crippen molar-refractivity contribution < 1.29 is 19.2 Å². The van der Waals surface area contributed by atoms with E-state index in [1.54, 1.807) is 11.8 Å². The Morgan fingerprint density at radius 2 is 1.70 bits per heavy atom. The summed E-state index contributed by atoms with van der Waals surface area (Å²) in [5.41, 5.74) is 2.25. The predicted octanol–water partition coefficient (Wildman–Crippen LogP) is 6.36. The highest BCUT2D eigenvalue weighted by atomic mass is 79.9. The molecule has 0 radical (unpaired) electrons. The number of anilines is 1. The van der Waals surface area contributed by atoms with Crippen molar-refractivity contribution in [2.75, 3.05) is 4.90 Å². The van der Waals surface area contributed by atoms with Crippen LogP contribution >= 0.6 is 39.0 Å². The first-order chi connectivity index (χ1) is 21.3. The number of carbonyl (C=O) groups is 2. The number of hydrogen-bond donors (Lipinski definition) is 1. The Morgan fingerprint density at radius 1 is 0.977 bits per heavy atom. The molecule has 3 aromatic carbocycles. The Hall–Kier alpha value is -3.74. The maximum absolute atomic E-state index is 14.0. The summed E-state index contributed by atoms with van der Waals surface area (Å²) in [6.45, 7) is 0.384. The summed E-state index contributed by atoms with van der Waals surface area (Å²) >= 11 is 6.49. The van der Waals surface area contributed by atoms with E-state index in [0.29, 0.717) is 12.3 Å². The number of imide groups is 1. The van der Waals surface area contributed by atoms with Crippen LogP contribution in [0.4, 0.5) is 11.4 Å². The van der Waals surface area contributed by atoms with Crippen molar-refractivity contribution >= 4 is 62.2 Å². The number of rotatable bonds is 6. The smallest absolute Gasteiger partial charge is 0.305 e. The molecule has 9 nitrogen and oxygen atoms in total. The zero-order valence-electron chi connectivity index (χ0n) is 22.9. The molecule has 1 N–H and O–H groups in total. The lowest BCUT2D eigenvalue weighted by atomic mass is 9.68. The molecular formula is C32H24BrN3O6S2. The minimum Gasteiger partial charge on any atom is -0.489 e. The number of nitrogens with zero attached hydrogens (tertiary/aromatic N) is 2. The van der Waals surface area contributed by atoms with E-state index >= 15 is 0 Å². The molecule has 7 atom stereocenters. The van der Waals surface area contributed by atoms with E-state index in [-0.39, 0.29) is 51.3 Å². The Labute approximate surface area is 267 Å². The Kier molecular flexibility index (Phi) is 6.58. The number of halogens is 1. The molecule has 44 heavy (non-hydrogen) atoms. The molecule has 2 bridgehead atoms. The Morgan fingerprint density at radius 3 is 2.43 bits per heavy atom. The van der Waals surface area contributed by atoms with Crippen LogP contribution in [0, 0.1) is 39.7 Å². The van der Waals surface area contributed by atoms with Gasteiger partial charge in [-0.1, -0.05) is 57.6 Å². The number of carbonyl (C=O) groups excluding carboxylic acids is 2. The first kappa shape index (κ1) is 27.8. The average molecular weight is 691 g/mol. The van der Waals surface area contributed by atoms with E-state index in [0.717, 1.165) is 37.7 Å². The fourth-order valence-corrected chi connectivity index (χ4v) is 11.2. The summed E-state index contributed by atoms with van der Waals surface area (Å²) in [5, 5.41) is 12.0. The van der Waals surface area contributed by atoms with Crippen LogP contribution < -0.4 is 14.5 Å². The topological polar surface area (TPSA) is 123 Å². The van der Waals surface area contributed by atoms with Crippen molar-refractivity contribution in [2.45, 2.75) is 29.2 Å². The molecule has 12 heteroatoms. The van der Waals surface area contributed by atoms with Crippen molar-refractivity contribution in [3.8, 4) is 5.75 Å². The summed E-state index contributed by atoms with van der Waals surface area (Å²) in [7, 11) is 0. The van der Waals surface area contributed by atoms with Crippen LogP contribution in [0.2, 0.25) is 0 Å². The SMILES string of the molecule is O=C1C2C(C(=O)N1c1ccc([N+](=O)[O-])cc1)[C@@H]1C[C@H]2C2Sc3[nH]c(=O)sc3C(c3cc(Br)ccc3OCc3ccccc3)C21. The minimum absolute atomic E-state index is 0.00661. The van der Waals surface area contributed by atoms with Crippen molar-refractivity contribution in [3.05, 3.63) is 113 Å². The fraction of sp³-hybridized carbons (Fsp3) is 0.281. The molecule has 4 aromatic rings. The molecule has 4 aliphatic rings. The number of non-ortho nitro benzene ring substituents is 1. The number of H-pyrrole nitrogens is 1. The summed E-state index contributed by atoms with van der Waals surface area (Å²) in [4.78, 5) is 56.4. The third-order valence-corrected chi connectivity index (χ3v) is 12.7. The van der Waals surface area contributed by atoms with Gasteiger partial charge in [-0.05, 0) is 60.1 Å². The molecule has 2 aliphatic carbocycles. The van der Waals surface area contributed by atoms with Gasteiger partial charge in [0.15, 0.2) is 0 Å². The van der Waals surface area contributed by atoms with Crippen LogP contribution in [0.3, 0.4) is 0 Å². The molecule has 2 saturated carbocycles. The number of hydrogen-bond acceptors (Lipinski definition) is 8. The molecule has 1 aromatic heterocycles. The Balaban J connectivity index is 1.19. The molecule has 5 unspecified atom stereocenters. The average Bonchev–Trinajstić information content (AvgIpc) is 3.76. The third kappa shape index (κ3) is 4.21. The zero-order valence-corrected chi connectivity index (χ0v) is 26.1. The molecule has 2 amide bonds. The second-order valence-electron chi connectivity index (χ2n) is 11.7. The van der Waals surface area contributed by atoms with Gasteiger partial charge in [0.2, 0.25) is 11.8 Å². The van der Waals surface area contributed by atoms with Crippen LogP contribution in [0.15, 0.2) is 87.1 Å². The number of nitro benzene ring substituents is 1. The third-order valence-electron chi connectivity index (χ3n) is 9.59. The second kappa shape index (κ2) is 10.4. The summed E-state index contributed by atoms with van der Waals surface area (Å²) < 4.78 is 7.30. The number of aromatic nitrogens is 1. The van der Waals surface area contributed by atoms with Gasteiger partial charge in [-0.15, -0.1) is 11.8 Å². The molecule has 0 spiro atoms. The van der Waals surface area contributed by atoms with Gasteiger partial charge in [-0.25, -0.2) is 0 Å². The minimum atomic E-state index is -0.503. The highest BCUT2D eigenvalue weighted by Crippen LogP contribution is 2.69. The lowest BCUT2D eigenvalue weighted by Crippen LogP contribution is -2.42. The largest absolute Gasteiger partial charge is 0.489 e. The van der Waals surface area contributed by atoms with Crippen LogP contribution in [0.5, 0.6) is 5.75 Å². The van der Waals surface area contributed by atoms with E-state index in [1.807, 2.05) is 42.5 Å². The van der Waals surface area contributed by atoms with Gasteiger partial charge >= 0.3 is 4.87 Å². The van der Waals surface area contributed by atoms with Gasteiger partial charge in [-0.3, -0.25) is 29.4 Å². The van der Waals surface area contributed by atoms with E-state index < -0.39 is 16.8 Å². The van der Waals surface area contributed by atoms with E-state index in [2.05, 4.69) is 27.0 Å². The number of ether oxygens (including phenoxy) is 1. The van der Waals surface area contributed by atoms with Crippen molar-refractivity contribution in [3.63, 3.8) is 0 Å². The highest BCUT2D eigenvalue weighted by Gasteiger charge is 2.69. The zero-order chi connectivity index (χ0) is 30.3. The number of aromatic amines is 1. The Bertz CT molecular complexity index is 1890. The van der Waals surface area contributed by atoms with Gasteiger partial charge in [0.25, 0.3) is 5.69 Å². The van der Waals surface area contributed by atoms with E-state index in [1.165, 1.54) is 40.5 Å². The fourth-order valence-electron chi connectivity index (χ4n) is 7.97. The molecule has 8 rings (SSSR count). The molecule has 222 valence electrons. The number of fused-ring (bicyclic) bond motifs is 9. The standard InChI is InChI=1S/C32H24BrN3O6S2/c33-16-6-11-22(42-14-15-4-2-1-3-5-15)19(12-16)23-24-20-13-21(27(24)43-29-28(23)44-32(39)34-29)26-25(20)30(37)35(31(26)38)17-7-9-18(10-8-17)36(40)41/h1-12,20-21,23-27H,13-14H2,(H,34,39)/t20-,21-,23?,24?,25?,26?,27?/m1/s1. The summed E-state index contributed by atoms with van der Waals surface area (Å²) in [6.07, 6.45) is 0.757. The van der Waals surface area contributed by atoms with Gasteiger partial charge in [0.05, 0.1) is 27.5 Å². The molecular weight excluding hydrogens is 666 g/mol. The van der Waals surface area contributed by atoms with Crippen LogP contribution in [0.1, 0.15) is 28.3 Å². The summed E-state index contributed by atoms with van der Waals surface area (Å²) in [5.74, 6) is -1.01. The number of nitro groups is 1. The first-order valence-corrected chi connectivity index (χ1v) is 16.8. The number of thioether (sulfide) groups is 1. The van der Waals surface area contributed by atoms with Gasteiger partial charge in [-0.2, -0.15) is 0 Å². The van der Waals surface area contributed by atoms with Crippen molar-refractivity contribution in [1.29, 1.82) is 0 Å². The highest BCUT2D eigenvalue weighted by molar-refractivity contribution is 9.10. The van der Waals surface area contributed by atoms with E-state index in [4.69, 9.17) is 4.74 Å². The monoisotopic (exact) mass is 689 g/mol. The normalized spacial score (nSPS) is 28.1. The van der Waals surface area contributed by atoms with Crippen LogP contribution in [-0.2, 0) is 16.2 Å². The molecule has 1 saturated heterocycles. The van der Waals surface area contributed by atoms with Gasteiger partial charge in [0, 0.05) is 38.2 Å².